The monoisotopic (exact) mass is 352 g/mol. The number of benzene rings is 1. The van der Waals surface area contributed by atoms with Crippen LogP contribution >= 0.6 is 12.4 Å². The van der Waals surface area contributed by atoms with Gasteiger partial charge in [-0.1, -0.05) is 19.3 Å². The van der Waals surface area contributed by atoms with E-state index in [1.54, 1.807) is 25.3 Å². The maximum atomic E-state index is 12.5. The van der Waals surface area contributed by atoms with E-state index >= 15 is 0 Å². The first-order valence-electron chi connectivity index (χ1n) is 7.64. The molecular formula is C15H21ClN6O2. The van der Waals surface area contributed by atoms with Gasteiger partial charge in [-0.25, -0.2) is 0 Å². The number of nitrogens with one attached hydrogen (secondary N) is 1. The van der Waals surface area contributed by atoms with Gasteiger partial charge in [-0.15, -0.1) is 17.5 Å². The fourth-order valence-electron chi connectivity index (χ4n) is 2.88. The highest BCUT2D eigenvalue weighted by molar-refractivity contribution is 5.98. The zero-order valence-corrected chi connectivity index (χ0v) is 14.3. The molecule has 1 saturated carbocycles. The predicted octanol–water partition coefficient (Wildman–Crippen LogP) is 1.69. The van der Waals surface area contributed by atoms with Crippen LogP contribution in [-0.2, 0) is 4.79 Å². The van der Waals surface area contributed by atoms with Gasteiger partial charge in [0.1, 0.15) is 17.8 Å². The summed E-state index contributed by atoms with van der Waals surface area (Å²) in [6.07, 6.45) is 6.02. The van der Waals surface area contributed by atoms with Crippen molar-refractivity contribution in [2.45, 2.75) is 37.6 Å². The van der Waals surface area contributed by atoms with Crippen LogP contribution in [0.3, 0.4) is 0 Å². The normalized spacial score (nSPS) is 16.1. The highest BCUT2D eigenvalue weighted by atomic mass is 35.5. The molecule has 1 amide bonds. The second-order valence-corrected chi connectivity index (χ2v) is 5.81. The molecule has 1 heterocycles. The van der Waals surface area contributed by atoms with Gasteiger partial charge >= 0.3 is 0 Å². The largest absolute Gasteiger partial charge is 0.494 e. The van der Waals surface area contributed by atoms with E-state index < -0.39 is 5.54 Å². The number of hydrogen-bond donors (Lipinski definition) is 2. The Kier molecular flexibility index (Phi) is 5.74. The number of tetrazole rings is 1. The number of ether oxygens (including phenoxy) is 1. The molecule has 0 unspecified atom stereocenters. The molecule has 1 fully saturated rings. The number of amides is 1. The minimum absolute atomic E-state index is 0. The van der Waals surface area contributed by atoms with Gasteiger partial charge < -0.3 is 15.8 Å². The third kappa shape index (κ3) is 3.65. The molecular weight excluding hydrogens is 332 g/mol. The third-order valence-corrected chi connectivity index (χ3v) is 4.23. The Morgan fingerprint density at radius 3 is 2.71 bits per heavy atom. The molecule has 24 heavy (non-hydrogen) atoms. The summed E-state index contributed by atoms with van der Waals surface area (Å²) in [5, 5.41) is 14.0. The minimum atomic E-state index is -0.785. The van der Waals surface area contributed by atoms with Crippen LogP contribution in [0.25, 0.3) is 5.69 Å². The molecule has 0 bridgehead atoms. The molecule has 0 radical (unpaired) electrons. The molecule has 3 N–H and O–H groups in total. The number of halogens is 1. The van der Waals surface area contributed by atoms with Crippen molar-refractivity contribution < 1.29 is 9.53 Å². The third-order valence-electron chi connectivity index (χ3n) is 4.23. The Labute approximate surface area is 146 Å². The molecule has 0 atom stereocenters. The van der Waals surface area contributed by atoms with Gasteiger partial charge in [-0.3, -0.25) is 4.79 Å². The first-order chi connectivity index (χ1) is 11.1. The summed E-state index contributed by atoms with van der Waals surface area (Å²) < 4.78 is 6.79. The molecule has 2 aromatic rings. The van der Waals surface area contributed by atoms with Gasteiger partial charge in [0.15, 0.2) is 0 Å². The Balaban J connectivity index is 0.00000208. The average molecular weight is 353 g/mol. The van der Waals surface area contributed by atoms with Crippen molar-refractivity contribution in [2.75, 3.05) is 12.4 Å². The van der Waals surface area contributed by atoms with Crippen molar-refractivity contribution >= 4 is 24.0 Å². The smallest absolute Gasteiger partial charge is 0.244 e. The van der Waals surface area contributed by atoms with Gasteiger partial charge in [0, 0.05) is 5.69 Å². The lowest BCUT2D eigenvalue weighted by Gasteiger charge is -2.31. The fourth-order valence-corrected chi connectivity index (χ4v) is 2.88. The van der Waals surface area contributed by atoms with Crippen LogP contribution in [0.1, 0.15) is 32.1 Å². The summed E-state index contributed by atoms with van der Waals surface area (Å²) in [7, 11) is 1.57. The van der Waals surface area contributed by atoms with Gasteiger partial charge in [0.25, 0.3) is 0 Å². The second-order valence-electron chi connectivity index (χ2n) is 5.81. The molecule has 1 aromatic carbocycles. The SMILES string of the molecule is COc1ccc(NC(=O)C2(N)CCCCC2)cc1-n1cnnn1.Cl. The van der Waals surface area contributed by atoms with Crippen molar-refractivity contribution in [3.63, 3.8) is 0 Å². The van der Waals surface area contributed by atoms with Crippen LogP contribution in [0.5, 0.6) is 5.75 Å². The van der Waals surface area contributed by atoms with Crippen molar-refractivity contribution in [1.29, 1.82) is 0 Å². The quantitative estimate of drug-likeness (QED) is 0.866. The summed E-state index contributed by atoms with van der Waals surface area (Å²) in [6.45, 7) is 0. The number of methoxy groups -OCH3 is 1. The Hall–Kier alpha value is -2.19. The van der Waals surface area contributed by atoms with Gasteiger partial charge in [0.05, 0.1) is 12.6 Å². The molecule has 3 rings (SSSR count). The molecule has 8 nitrogen and oxygen atoms in total. The number of anilines is 1. The zero-order chi connectivity index (χ0) is 16.3. The summed E-state index contributed by atoms with van der Waals surface area (Å²) in [4.78, 5) is 12.5. The number of aromatic nitrogens is 4. The van der Waals surface area contributed by atoms with E-state index in [0.717, 1.165) is 32.1 Å². The van der Waals surface area contributed by atoms with Crippen LogP contribution in [0.4, 0.5) is 5.69 Å². The Morgan fingerprint density at radius 2 is 2.08 bits per heavy atom. The van der Waals surface area contributed by atoms with Crippen LogP contribution in [0.2, 0.25) is 0 Å². The molecule has 9 heteroatoms. The van der Waals surface area contributed by atoms with Gasteiger partial charge in [-0.05, 0) is 41.5 Å². The van der Waals surface area contributed by atoms with Crippen molar-refractivity contribution in [3.8, 4) is 11.4 Å². The number of hydrogen-bond acceptors (Lipinski definition) is 6. The van der Waals surface area contributed by atoms with E-state index in [1.807, 2.05) is 0 Å². The highest BCUT2D eigenvalue weighted by Crippen LogP contribution is 2.29. The Bertz CT molecular complexity index is 685. The van der Waals surface area contributed by atoms with E-state index in [-0.39, 0.29) is 18.3 Å². The standard InChI is InChI=1S/C15H20N6O2.ClH/c1-23-13-6-5-11(9-12(13)21-10-17-19-20-21)18-14(22)15(16)7-3-2-4-8-15;/h5-6,9-10H,2-4,7-8,16H2,1H3,(H,18,22);1H. The minimum Gasteiger partial charge on any atom is -0.494 e. The van der Waals surface area contributed by atoms with E-state index in [9.17, 15) is 4.79 Å². The number of rotatable bonds is 4. The predicted molar refractivity (Wildman–Crippen MR) is 91.6 cm³/mol. The van der Waals surface area contributed by atoms with Crippen molar-refractivity contribution in [3.05, 3.63) is 24.5 Å². The number of nitrogens with zero attached hydrogens (tertiary/aromatic N) is 4. The van der Waals surface area contributed by atoms with E-state index in [4.69, 9.17) is 10.5 Å². The Morgan fingerprint density at radius 1 is 1.33 bits per heavy atom. The first-order valence-corrected chi connectivity index (χ1v) is 7.64. The number of carbonyl (C=O) groups is 1. The first kappa shape index (κ1) is 18.2. The maximum absolute atomic E-state index is 12.5. The second kappa shape index (κ2) is 7.59. The van der Waals surface area contributed by atoms with Crippen molar-refractivity contribution in [2.24, 2.45) is 5.73 Å². The van der Waals surface area contributed by atoms with Crippen LogP contribution in [0, 0.1) is 0 Å². The molecule has 0 spiro atoms. The lowest BCUT2D eigenvalue weighted by atomic mass is 9.82. The molecule has 1 aliphatic rings. The molecule has 0 saturated heterocycles. The van der Waals surface area contributed by atoms with E-state index in [1.165, 1.54) is 11.0 Å². The van der Waals surface area contributed by atoms with E-state index in [2.05, 4.69) is 20.8 Å². The lowest BCUT2D eigenvalue weighted by molar-refractivity contribution is -0.122. The topological polar surface area (TPSA) is 108 Å². The van der Waals surface area contributed by atoms with Gasteiger partial charge in [-0.2, -0.15) is 4.68 Å². The zero-order valence-electron chi connectivity index (χ0n) is 13.4. The molecule has 1 aromatic heterocycles. The van der Waals surface area contributed by atoms with Crippen LogP contribution < -0.4 is 15.8 Å². The summed E-state index contributed by atoms with van der Waals surface area (Å²) >= 11 is 0. The van der Waals surface area contributed by atoms with Crippen LogP contribution in [0.15, 0.2) is 24.5 Å². The summed E-state index contributed by atoms with van der Waals surface area (Å²) in [5.41, 5.74) is 6.76. The highest BCUT2D eigenvalue weighted by Gasteiger charge is 2.35. The summed E-state index contributed by atoms with van der Waals surface area (Å²) in [6, 6.07) is 5.30. The maximum Gasteiger partial charge on any atom is 0.244 e. The summed E-state index contributed by atoms with van der Waals surface area (Å²) in [5.74, 6) is 0.459. The number of nitrogens with two attached hydrogens (primary N) is 1. The van der Waals surface area contributed by atoms with Crippen molar-refractivity contribution in [1.82, 2.24) is 20.2 Å². The molecule has 1 aliphatic carbocycles. The number of carbonyl (C=O) groups excluding carboxylic acids is 1. The lowest BCUT2D eigenvalue weighted by Crippen LogP contribution is -2.52. The molecule has 0 aliphatic heterocycles. The fraction of sp³-hybridized carbons (Fsp3) is 0.467. The average Bonchev–Trinajstić information content (AvgIpc) is 3.10. The molecule has 130 valence electrons. The van der Waals surface area contributed by atoms with Crippen LogP contribution in [-0.4, -0.2) is 38.8 Å². The van der Waals surface area contributed by atoms with E-state index in [0.29, 0.717) is 17.1 Å². The van der Waals surface area contributed by atoms with Gasteiger partial charge in [0.2, 0.25) is 5.91 Å².